The van der Waals surface area contributed by atoms with Crippen LogP contribution in [0.4, 0.5) is 11.4 Å². The van der Waals surface area contributed by atoms with E-state index < -0.39 is 4.92 Å². The van der Waals surface area contributed by atoms with Crippen LogP contribution in [0.2, 0.25) is 0 Å². The number of hydrogen-bond acceptors (Lipinski definition) is 4. The molecule has 1 amide bonds. The quantitative estimate of drug-likeness (QED) is 0.691. The molecule has 0 aliphatic carbocycles. The summed E-state index contributed by atoms with van der Waals surface area (Å²) >= 11 is 0. The molecule has 1 N–H and O–H groups in total. The van der Waals surface area contributed by atoms with E-state index in [2.05, 4.69) is 12.2 Å². The molecule has 0 saturated heterocycles. The van der Waals surface area contributed by atoms with E-state index in [0.29, 0.717) is 17.0 Å². The van der Waals surface area contributed by atoms with E-state index in [9.17, 15) is 14.9 Å². The minimum atomic E-state index is -0.498. The standard InChI is InChI=1S/C17H16N2O4/c1-10-11(2)23-16-14(10)7-4-8-15(16)17(20)18-12-5-3-6-13(9-12)19(21)22/h3-11H,1-2H3,(H,18,20). The zero-order chi connectivity index (χ0) is 16.6. The van der Waals surface area contributed by atoms with Crippen molar-refractivity contribution in [2.45, 2.75) is 25.9 Å². The van der Waals surface area contributed by atoms with Crippen LogP contribution in [-0.2, 0) is 0 Å². The fourth-order valence-corrected chi connectivity index (χ4v) is 2.66. The lowest BCUT2D eigenvalue weighted by molar-refractivity contribution is -0.384. The fourth-order valence-electron chi connectivity index (χ4n) is 2.66. The van der Waals surface area contributed by atoms with Gasteiger partial charge < -0.3 is 10.1 Å². The molecule has 0 saturated carbocycles. The molecule has 0 bridgehead atoms. The number of nitrogens with zero attached hydrogens (tertiary/aromatic N) is 1. The van der Waals surface area contributed by atoms with Gasteiger partial charge in [0, 0.05) is 29.3 Å². The normalized spacial score (nSPS) is 18.9. The van der Waals surface area contributed by atoms with Crippen molar-refractivity contribution < 1.29 is 14.5 Å². The van der Waals surface area contributed by atoms with Crippen molar-refractivity contribution in [3.8, 4) is 5.75 Å². The Kier molecular flexibility index (Phi) is 3.73. The summed E-state index contributed by atoms with van der Waals surface area (Å²) in [6, 6.07) is 11.3. The van der Waals surface area contributed by atoms with Crippen molar-refractivity contribution in [3.05, 3.63) is 63.7 Å². The number of nitro groups is 1. The molecule has 0 aromatic heterocycles. The lowest BCUT2D eigenvalue weighted by atomic mass is 9.97. The number of benzene rings is 2. The Morgan fingerprint density at radius 1 is 1.22 bits per heavy atom. The number of non-ortho nitro benzene ring substituents is 1. The number of carbonyl (C=O) groups excluding carboxylic acids is 1. The van der Waals surface area contributed by atoms with Crippen molar-refractivity contribution in [3.63, 3.8) is 0 Å². The Hall–Kier alpha value is -2.89. The molecule has 1 aliphatic rings. The van der Waals surface area contributed by atoms with Crippen LogP contribution in [0.1, 0.15) is 35.7 Å². The van der Waals surface area contributed by atoms with Gasteiger partial charge in [0.05, 0.1) is 10.5 Å². The third kappa shape index (κ3) is 2.75. The first-order valence-corrected chi connectivity index (χ1v) is 7.32. The van der Waals surface area contributed by atoms with Gasteiger partial charge in [-0.15, -0.1) is 0 Å². The number of para-hydroxylation sites is 1. The summed E-state index contributed by atoms with van der Waals surface area (Å²) in [5.41, 5.74) is 1.75. The number of nitrogens with one attached hydrogen (secondary N) is 1. The number of ether oxygens (including phenoxy) is 1. The SMILES string of the molecule is CC1Oc2c(C(=O)Nc3cccc([N+](=O)[O-])c3)cccc2C1C. The summed E-state index contributed by atoms with van der Waals surface area (Å²) in [5, 5.41) is 13.5. The van der Waals surface area contributed by atoms with Crippen molar-refractivity contribution in [1.82, 2.24) is 0 Å². The van der Waals surface area contributed by atoms with E-state index in [4.69, 9.17) is 4.74 Å². The zero-order valence-electron chi connectivity index (χ0n) is 12.8. The van der Waals surface area contributed by atoms with Crippen molar-refractivity contribution in [2.24, 2.45) is 0 Å². The monoisotopic (exact) mass is 312 g/mol. The van der Waals surface area contributed by atoms with Crippen molar-refractivity contribution in [1.29, 1.82) is 0 Å². The summed E-state index contributed by atoms with van der Waals surface area (Å²) < 4.78 is 5.80. The average Bonchev–Trinajstić information content (AvgIpc) is 2.82. The predicted molar refractivity (Wildman–Crippen MR) is 86.0 cm³/mol. The maximum atomic E-state index is 12.5. The maximum absolute atomic E-state index is 12.5. The minimum Gasteiger partial charge on any atom is -0.489 e. The lowest BCUT2D eigenvalue weighted by Gasteiger charge is -2.10. The number of nitro benzene ring substituents is 1. The minimum absolute atomic E-state index is 0.0109. The molecular weight excluding hydrogens is 296 g/mol. The molecule has 1 aliphatic heterocycles. The first kappa shape index (κ1) is 15.0. The molecule has 2 atom stereocenters. The summed E-state index contributed by atoms with van der Waals surface area (Å²) in [6.07, 6.45) is 0.0109. The van der Waals surface area contributed by atoms with Crippen LogP contribution >= 0.6 is 0 Å². The molecule has 6 heteroatoms. The third-order valence-electron chi connectivity index (χ3n) is 4.10. The van der Waals surface area contributed by atoms with E-state index in [1.165, 1.54) is 18.2 Å². The van der Waals surface area contributed by atoms with Gasteiger partial charge in [-0.25, -0.2) is 0 Å². The molecule has 0 radical (unpaired) electrons. The second-order valence-corrected chi connectivity index (χ2v) is 5.60. The van der Waals surface area contributed by atoms with Gasteiger partial charge in [-0.2, -0.15) is 0 Å². The largest absolute Gasteiger partial charge is 0.489 e. The van der Waals surface area contributed by atoms with Gasteiger partial charge in [0.15, 0.2) is 0 Å². The van der Waals surface area contributed by atoms with Crippen LogP contribution < -0.4 is 10.1 Å². The van der Waals surface area contributed by atoms with Crippen LogP contribution in [0.5, 0.6) is 5.75 Å². The summed E-state index contributed by atoms with van der Waals surface area (Å²) in [4.78, 5) is 22.8. The second-order valence-electron chi connectivity index (χ2n) is 5.60. The van der Waals surface area contributed by atoms with E-state index in [1.54, 1.807) is 12.1 Å². The molecule has 0 fully saturated rings. The predicted octanol–water partition coefficient (Wildman–Crippen LogP) is 3.73. The molecule has 2 unspecified atom stereocenters. The summed E-state index contributed by atoms with van der Waals surface area (Å²) in [6.45, 7) is 4.02. The Labute approximate surface area is 133 Å². The highest BCUT2D eigenvalue weighted by molar-refractivity contribution is 6.06. The molecule has 0 spiro atoms. The Morgan fingerprint density at radius 3 is 2.70 bits per heavy atom. The molecule has 2 aromatic carbocycles. The Balaban J connectivity index is 1.88. The number of carbonyl (C=O) groups is 1. The van der Waals surface area contributed by atoms with Crippen LogP contribution in [0.15, 0.2) is 42.5 Å². The van der Waals surface area contributed by atoms with Gasteiger partial charge in [-0.1, -0.05) is 25.1 Å². The average molecular weight is 312 g/mol. The smallest absolute Gasteiger partial charge is 0.271 e. The Morgan fingerprint density at radius 2 is 1.96 bits per heavy atom. The van der Waals surface area contributed by atoms with Gasteiger partial charge in [-0.05, 0) is 19.1 Å². The highest BCUT2D eigenvalue weighted by Gasteiger charge is 2.31. The van der Waals surface area contributed by atoms with Crippen LogP contribution in [-0.4, -0.2) is 16.9 Å². The highest BCUT2D eigenvalue weighted by Crippen LogP contribution is 2.40. The highest BCUT2D eigenvalue weighted by atomic mass is 16.6. The molecule has 2 aromatic rings. The van der Waals surface area contributed by atoms with E-state index >= 15 is 0 Å². The number of fused-ring (bicyclic) bond motifs is 1. The van der Waals surface area contributed by atoms with Gasteiger partial charge in [0.25, 0.3) is 11.6 Å². The van der Waals surface area contributed by atoms with Crippen LogP contribution in [0.3, 0.4) is 0 Å². The van der Waals surface area contributed by atoms with E-state index in [1.807, 2.05) is 19.1 Å². The molecule has 3 rings (SSSR count). The molecular formula is C17H16N2O4. The summed E-state index contributed by atoms with van der Waals surface area (Å²) in [7, 11) is 0. The first-order chi connectivity index (χ1) is 11.0. The fraction of sp³-hybridized carbons (Fsp3) is 0.235. The molecule has 118 valence electrons. The lowest BCUT2D eigenvalue weighted by Crippen LogP contribution is -2.14. The molecule has 1 heterocycles. The van der Waals surface area contributed by atoms with Gasteiger partial charge in [0.2, 0.25) is 0 Å². The van der Waals surface area contributed by atoms with Gasteiger partial charge >= 0.3 is 0 Å². The maximum Gasteiger partial charge on any atom is 0.271 e. The third-order valence-corrected chi connectivity index (χ3v) is 4.10. The van der Waals surface area contributed by atoms with Crippen molar-refractivity contribution in [2.75, 3.05) is 5.32 Å². The molecule has 6 nitrogen and oxygen atoms in total. The van der Waals surface area contributed by atoms with E-state index in [-0.39, 0.29) is 23.6 Å². The van der Waals surface area contributed by atoms with Gasteiger partial charge in [-0.3, -0.25) is 14.9 Å². The number of rotatable bonds is 3. The van der Waals surface area contributed by atoms with E-state index in [0.717, 1.165) is 5.56 Å². The topological polar surface area (TPSA) is 81.5 Å². The summed E-state index contributed by atoms with van der Waals surface area (Å²) in [5.74, 6) is 0.467. The van der Waals surface area contributed by atoms with Gasteiger partial charge in [0.1, 0.15) is 11.9 Å². The zero-order valence-corrected chi connectivity index (χ0v) is 12.8. The number of amides is 1. The number of hydrogen-bond donors (Lipinski definition) is 1. The Bertz CT molecular complexity index is 788. The second kappa shape index (κ2) is 5.72. The van der Waals surface area contributed by atoms with Crippen LogP contribution in [0.25, 0.3) is 0 Å². The molecule has 23 heavy (non-hydrogen) atoms. The van der Waals surface area contributed by atoms with Crippen molar-refractivity contribution >= 4 is 17.3 Å². The van der Waals surface area contributed by atoms with Crippen LogP contribution in [0, 0.1) is 10.1 Å². The first-order valence-electron chi connectivity index (χ1n) is 7.32. The number of anilines is 1.